The maximum atomic E-state index is 12.9. The molecular weight excluding hydrogens is 235 g/mol. The summed E-state index contributed by atoms with van der Waals surface area (Å²) in [4.78, 5) is 0. The first-order valence-electron chi connectivity index (χ1n) is 4.10. The van der Waals surface area contributed by atoms with Crippen LogP contribution in [0.5, 0.6) is 0 Å². The number of hydrazine groups is 1. The monoisotopic (exact) mass is 246 g/mol. The highest BCUT2D eigenvalue weighted by molar-refractivity contribution is 9.10. The standard InChI is InChI=1S/C9H12BrFN2/c1-2-9(13-12)7-5-6(11)3-4-8(7)10/h3-5,9,13H,2,12H2,1H3. The molecule has 1 aromatic rings. The molecule has 2 nitrogen and oxygen atoms in total. The Morgan fingerprint density at radius 3 is 2.85 bits per heavy atom. The highest BCUT2D eigenvalue weighted by atomic mass is 79.9. The van der Waals surface area contributed by atoms with E-state index < -0.39 is 0 Å². The van der Waals surface area contributed by atoms with Crippen LogP contribution < -0.4 is 11.3 Å². The van der Waals surface area contributed by atoms with E-state index in [0.29, 0.717) is 0 Å². The number of nitrogens with one attached hydrogen (secondary N) is 1. The first-order chi connectivity index (χ1) is 6.19. The normalized spacial score (nSPS) is 12.9. The van der Waals surface area contributed by atoms with Gasteiger partial charge in [0.15, 0.2) is 0 Å². The summed E-state index contributed by atoms with van der Waals surface area (Å²) in [5.41, 5.74) is 3.49. The zero-order valence-corrected chi connectivity index (χ0v) is 8.94. The molecule has 0 amide bonds. The van der Waals surface area contributed by atoms with Gasteiger partial charge in [0.2, 0.25) is 0 Å². The Morgan fingerprint density at radius 1 is 1.62 bits per heavy atom. The number of hydrogen-bond acceptors (Lipinski definition) is 2. The highest BCUT2D eigenvalue weighted by Crippen LogP contribution is 2.25. The summed E-state index contributed by atoms with van der Waals surface area (Å²) in [5, 5.41) is 0. The molecule has 0 bridgehead atoms. The average Bonchev–Trinajstić information content (AvgIpc) is 2.13. The Bertz CT molecular complexity index is 287. The first kappa shape index (κ1) is 10.6. The Kier molecular flexibility index (Phi) is 3.84. The van der Waals surface area contributed by atoms with E-state index >= 15 is 0 Å². The molecule has 4 heteroatoms. The van der Waals surface area contributed by atoms with Gasteiger partial charge < -0.3 is 0 Å². The van der Waals surface area contributed by atoms with Crippen LogP contribution in [0.4, 0.5) is 4.39 Å². The second kappa shape index (κ2) is 4.69. The molecule has 13 heavy (non-hydrogen) atoms. The van der Waals surface area contributed by atoms with Crippen LogP contribution in [0.3, 0.4) is 0 Å². The smallest absolute Gasteiger partial charge is 0.123 e. The van der Waals surface area contributed by atoms with E-state index in [4.69, 9.17) is 5.84 Å². The van der Waals surface area contributed by atoms with E-state index in [2.05, 4.69) is 21.4 Å². The second-order valence-corrected chi connectivity index (χ2v) is 3.65. The van der Waals surface area contributed by atoms with Crippen molar-refractivity contribution in [2.24, 2.45) is 5.84 Å². The van der Waals surface area contributed by atoms with Crippen LogP contribution in [-0.2, 0) is 0 Å². The molecule has 0 aromatic heterocycles. The molecule has 0 fully saturated rings. The van der Waals surface area contributed by atoms with Crippen LogP contribution in [-0.4, -0.2) is 0 Å². The van der Waals surface area contributed by atoms with Gasteiger partial charge in [0.05, 0.1) is 0 Å². The van der Waals surface area contributed by atoms with Gasteiger partial charge in [-0.3, -0.25) is 11.3 Å². The van der Waals surface area contributed by atoms with Gasteiger partial charge in [-0.05, 0) is 30.2 Å². The van der Waals surface area contributed by atoms with E-state index in [0.717, 1.165) is 16.5 Å². The van der Waals surface area contributed by atoms with E-state index in [-0.39, 0.29) is 11.9 Å². The van der Waals surface area contributed by atoms with Crippen molar-refractivity contribution in [3.63, 3.8) is 0 Å². The summed E-state index contributed by atoms with van der Waals surface area (Å²) in [7, 11) is 0. The Hall–Kier alpha value is -0.450. The number of benzene rings is 1. The van der Waals surface area contributed by atoms with Crippen molar-refractivity contribution in [2.45, 2.75) is 19.4 Å². The van der Waals surface area contributed by atoms with E-state index in [1.807, 2.05) is 6.92 Å². The minimum absolute atomic E-state index is 0.00919. The van der Waals surface area contributed by atoms with Crippen LogP contribution in [0.1, 0.15) is 24.9 Å². The van der Waals surface area contributed by atoms with Gasteiger partial charge in [-0.15, -0.1) is 0 Å². The second-order valence-electron chi connectivity index (χ2n) is 2.79. The van der Waals surface area contributed by atoms with E-state index in [1.165, 1.54) is 12.1 Å². The SMILES string of the molecule is CCC(NN)c1cc(F)ccc1Br. The van der Waals surface area contributed by atoms with Gasteiger partial charge in [0.1, 0.15) is 5.82 Å². The summed E-state index contributed by atoms with van der Waals surface area (Å²) in [6.45, 7) is 1.99. The van der Waals surface area contributed by atoms with Gasteiger partial charge in [-0.1, -0.05) is 22.9 Å². The largest absolute Gasteiger partial charge is 0.271 e. The molecule has 1 aromatic carbocycles. The summed E-state index contributed by atoms with van der Waals surface area (Å²) >= 11 is 3.35. The number of halogens is 2. The predicted molar refractivity (Wildman–Crippen MR) is 54.5 cm³/mol. The molecular formula is C9H12BrFN2. The lowest BCUT2D eigenvalue weighted by Crippen LogP contribution is -2.27. The molecule has 0 saturated heterocycles. The lowest BCUT2D eigenvalue weighted by molar-refractivity contribution is 0.531. The molecule has 0 spiro atoms. The molecule has 3 N–H and O–H groups in total. The highest BCUT2D eigenvalue weighted by Gasteiger charge is 2.11. The third-order valence-corrected chi connectivity index (χ3v) is 2.67. The fourth-order valence-corrected chi connectivity index (χ4v) is 1.73. The lowest BCUT2D eigenvalue weighted by atomic mass is 10.1. The Labute approximate surface area is 85.4 Å². The quantitative estimate of drug-likeness (QED) is 0.636. The van der Waals surface area contributed by atoms with Crippen molar-refractivity contribution >= 4 is 15.9 Å². The molecule has 0 aliphatic carbocycles. The molecule has 0 aliphatic rings. The zero-order valence-electron chi connectivity index (χ0n) is 7.35. The third kappa shape index (κ3) is 2.49. The van der Waals surface area contributed by atoms with Gasteiger partial charge in [0.25, 0.3) is 0 Å². The summed E-state index contributed by atoms with van der Waals surface area (Å²) in [6, 6.07) is 4.57. The Balaban J connectivity index is 3.03. The molecule has 1 atom stereocenters. The van der Waals surface area contributed by atoms with Crippen molar-refractivity contribution in [3.8, 4) is 0 Å². The summed E-state index contributed by atoms with van der Waals surface area (Å²) in [5.74, 6) is 5.10. The molecule has 1 rings (SSSR count). The van der Waals surface area contributed by atoms with E-state index in [1.54, 1.807) is 6.07 Å². The van der Waals surface area contributed by atoms with Gasteiger partial charge in [-0.25, -0.2) is 4.39 Å². The number of rotatable bonds is 3. The average molecular weight is 247 g/mol. The van der Waals surface area contributed by atoms with Gasteiger partial charge in [0, 0.05) is 10.5 Å². The summed E-state index contributed by atoms with van der Waals surface area (Å²) < 4.78 is 13.8. The third-order valence-electron chi connectivity index (χ3n) is 1.94. The van der Waals surface area contributed by atoms with Crippen LogP contribution in [0.25, 0.3) is 0 Å². The molecule has 0 radical (unpaired) electrons. The zero-order chi connectivity index (χ0) is 9.84. The minimum atomic E-state index is -0.244. The molecule has 0 saturated carbocycles. The molecule has 1 unspecified atom stereocenters. The first-order valence-corrected chi connectivity index (χ1v) is 4.89. The number of nitrogens with two attached hydrogens (primary N) is 1. The van der Waals surface area contributed by atoms with Crippen LogP contribution in [0.15, 0.2) is 22.7 Å². The molecule has 72 valence electrons. The van der Waals surface area contributed by atoms with Crippen molar-refractivity contribution in [2.75, 3.05) is 0 Å². The maximum absolute atomic E-state index is 12.9. The van der Waals surface area contributed by atoms with Gasteiger partial charge in [-0.2, -0.15) is 0 Å². The van der Waals surface area contributed by atoms with Crippen molar-refractivity contribution in [1.82, 2.24) is 5.43 Å². The van der Waals surface area contributed by atoms with E-state index in [9.17, 15) is 4.39 Å². The molecule has 0 heterocycles. The van der Waals surface area contributed by atoms with Crippen LogP contribution in [0.2, 0.25) is 0 Å². The topological polar surface area (TPSA) is 38.0 Å². The fourth-order valence-electron chi connectivity index (χ4n) is 1.21. The lowest BCUT2D eigenvalue weighted by Gasteiger charge is -2.15. The van der Waals surface area contributed by atoms with Gasteiger partial charge >= 0.3 is 0 Å². The predicted octanol–water partition coefficient (Wildman–Crippen LogP) is 2.50. The van der Waals surface area contributed by atoms with Crippen molar-refractivity contribution in [3.05, 3.63) is 34.1 Å². The Morgan fingerprint density at radius 2 is 2.31 bits per heavy atom. The van der Waals surface area contributed by atoms with Crippen LogP contribution >= 0.6 is 15.9 Å². The minimum Gasteiger partial charge on any atom is -0.271 e. The van der Waals surface area contributed by atoms with Crippen molar-refractivity contribution in [1.29, 1.82) is 0 Å². The fraction of sp³-hybridized carbons (Fsp3) is 0.333. The number of hydrogen-bond donors (Lipinski definition) is 2. The van der Waals surface area contributed by atoms with Crippen LogP contribution in [0, 0.1) is 5.82 Å². The molecule has 0 aliphatic heterocycles. The maximum Gasteiger partial charge on any atom is 0.123 e. The van der Waals surface area contributed by atoms with Crippen molar-refractivity contribution < 1.29 is 4.39 Å². The summed E-state index contributed by atoms with van der Waals surface area (Å²) in [6.07, 6.45) is 0.818.